The van der Waals surface area contributed by atoms with E-state index in [1.165, 1.54) is 13.0 Å². The molecule has 0 aliphatic heterocycles. The number of carbonyl (C=O) groups is 1. The zero-order valence-electron chi connectivity index (χ0n) is 14.5. The highest BCUT2D eigenvalue weighted by molar-refractivity contribution is 5.94. The van der Waals surface area contributed by atoms with Crippen LogP contribution < -0.4 is 10.4 Å². The summed E-state index contributed by atoms with van der Waals surface area (Å²) in [6.45, 7) is 5.22. The van der Waals surface area contributed by atoms with Crippen molar-refractivity contribution in [3.05, 3.63) is 64.5 Å². The number of carbonyl (C=O) groups excluding carboxylic acids is 1. The fourth-order valence-corrected chi connectivity index (χ4v) is 2.75. The summed E-state index contributed by atoms with van der Waals surface area (Å²) in [6.07, 6.45) is 0.190. The Bertz CT molecular complexity index is 970. The minimum Gasteiger partial charge on any atom is -0.483 e. The molecule has 3 aromatic rings. The van der Waals surface area contributed by atoms with Crippen LogP contribution in [0, 0.1) is 0 Å². The number of fused-ring (bicyclic) bond motifs is 1. The van der Waals surface area contributed by atoms with E-state index in [1.54, 1.807) is 13.0 Å². The van der Waals surface area contributed by atoms with E-state index in [1.807, 2.05) is 43.3 Å². The van der Waals surface area contributed by atoms with Crippen LogP contribution in [-0.4, -0.2) is 11.9 Å². The van der Waals surface area contributed by atoms with E-state index in [0.717, 1.165) is 28.5 Å². The number of hydrogen-bond acceptors (Lipinski definition) is 4. The quantitative estimate of drug-likeness (QED) is 0.649. The highest BCUT2D eigenvalue weighted by Crippen LogP contribution is 2.33. The predicted octanol–water partition coefficient (Wildman–Crippen LogP) is 4.38. The highest BCUT2D eigenvalue weighted by Gasteiger charge is 2.16. The normalized spacial score (nSPS) is 12.1. The summed E-state index contributed by atoms with van der Waals surface area (Å²) in [5.74, 6) is 0.521. The number of ketones is 1. The Kier molecular flexibility index (Phi) is 4.70. The molecule has 0 bridgehead atoms. The first-order chi connectivity index (χ1) is 12.0. The standard InChI is InChI=1S/C21H20O4/c1-4-15-10-18-17(16-8-6-5-7-9-16)11-21(23)25-20(18)12-19(15)24-14(3)13(2)22/h5-12,14H,4H2,1-3H3/t14-/m0/s1. The van der Waals surface area contributed by atoms with Crippen molar-refractivity contribution in [1.82, 2.24) is 0 Å². The lowest BCUT2D eigenvalue weighted by molar-refractivity contribution is -0.122. The Morgan fingerprint density at radius 2 is 1.88 bits per heavy atom. The summed E-state index contributed by atoms with van der Waals surface area (Å²) in [7, 11) is 0. The van der Waals surface area contributed by atoms with Crippen LogP contribution in [0.4, 0.5) is 0 Å². The van der Waals surface area contributed by atoms with E-state index in [-0.39, 0.29) is 5.78 Å². The summed E-state index contributed by atoms with van der Waals surface area (Å²) in [5.41, 5.74) is 2.78. The van der Waals surface area contributed by atoms with Crippen LogP contribution in [0.5, 0.6) is 5.75 Å². The van der Waals surface area contributed by atoms with Gasteiger partial charge in [0.2, 0.25) is 0 Å². The lowest BCUT2D eigenvalue weighted by Crippen LogP contribution is -2.21. The second-order valence-corrected chi connectivity index (χ2v) is 6.03. The minimum absolute atomic E-state index is 0.0540. The molecule has 128 valence electrons. The van der Waals surface area contributed by atoms with Crippen LogP contribution in [0.1, 0.15) is 26.3 Å². The molecule has 1 heterocycles. The first kappa shape index (κ1) is 17.0. The Morgan fingerprint density at radius 1 is 1.16 bits per heavy atom. The molecule has 25 heavy (non-hydrogen) atoms. The van der Waals surface area contributed by atoms with Gasteiger partial charge in [0.05, 0.1) is 0 Å². The molecule has 0 unspecified atom stereocenters. The number of Topliss-reactive ketones (excluding diaryl/α,β-unsaturated/α-hetero) is 1. The second-order valence-electron chi connectivity index (χ2n) is 6.03. The zero-order valence-corrected chi connectivity index (χ0v) is 14.5. The van der Waals surface area contributed by atoms with Gasteiger partial charge in [-0.15, -0.1) is 0 Å². The average Bonchev–Trinajstić information content (AvgIpc) is 2.61. The van der Waals surface area contributed by atoms with Crippen molar-refractivity contribution < 1.29 is 13.9 Å². The van der Waals surface area contributed by atoms with E-state index in [9.17, 15) is 9.59 Å². The topological polar surface area (TPSA) is 56.5 Å². The Hall–Kier alpha value is -2.88. The van der Waals surface area contributed by atoms with Gasteiger partial charge >= 0.3 is 5.63 Å². The van der Waals surface area contributed by atoms with Gasteiger partial charge in [-0.25, -0.2) is 4.79 Å². The van der Waals surface area contributed by atoms with E-state index in [0.29, 0.717) is 11.3 Å². The number of rotatable bonds is 5. The Morgan fingerprint density at radius 3 is 2.52 bits per heavy atom. The maximum atomic E-state index is 12.0. The van der Waals surface area contributed by atoms with Crippen molar-refractivity contribution in [3.8, 4) is 16.9 Å². The molecule has 1 atom stereocenters. The molecule has 3 rings (SSSR count). The van der Waals surface area contributed by atoms with Crippen LogP contribution in [-0.2, 0) is 11.2 Å². The van der Waals surface area contributed by atoms with Crippen molar-refractivity contribution >= 4 is 16.8 Å². The number of ether oxygens (including phenoxy) is 1. The molecule has 0 saturated carbocycles. The van der Waals surface area contributed by atoms with E-state index < -0.39 is 11.7 Å². The van der Waals surface area contributed by atoms with Crippen LogP contribution >= 0.6 is 0 Å². The molecule has 4 nitrogen and oxygen atoms in total. The lowest BCUT2D eigenvalue weighted by Gasteiger charge is -2.16. The third-order valence-corrected chi connectivity index (χ3v) is 4.27. The molecule has 0 spiro atoms. The molecule has 4 heteroatoms. The summed E-state index contributed by atoms with van der Waals surface area (Å²) in [4.78, 5) is 23.5. The van der Waals surface area contributed by atoms with Gasteiger partial charge in [0.1, 0.15) is 11.3 Å². The van der Waals surface area contributed by atoms with E-state index in [4.69, 9.17) is 9.15 Å². The molecule has 0 N–H and O–H groups in total. The molecule has 0 aliphatic carbocycles. The van der Waals surface area contributed by atoms with Gasteiger partial charge in [-0.3, -0.25) is 4.79 Å². The Labute approximate surface area is 146 Å². The average molecular weight is 336 g/mol. The number of hydrogen-bond donors (Lipinski definition) is 0. The Balaban J connectivity index is 2.22. The number of benzene rings is 2. The van der Waals surface area contributed by atoms with Crippen LogP contribution in [0.2, 0.25) is 0 Å². The van der Waals surface area contributed by atoms with Gasteiger partial charge in [0.15, 0.2) is 11.9 Å². The maximum absolute atomic E-state index is 12.0. The smallest absolute Gasteiger partial charge is 0.336 e. The largest absolute Gasteiger partial charge is 0.483 e. The minimum atomic E-state index is -0.549. The molecule has 1 aromatic heterocycles. The molecule has 0 amide bonds. The van der Waals surface area contributed by atoms with Gasteiger partial charge < -0.3 is 9.15 Å². The highest BCUT2D eigenvalue weighted by atomic mass is 16.5. The monoisotopic (exact) mass is 336 g/mol. The zero-order chi connectivity index (χ0) is 18.0. The number of aryl methyl sites for hydroxylation is 1. The van der Waals surface area contributed by atoms with Crippen LogP contribution in [0.3, 0.4) is 0 Å². The molecule has 0 aliphatic rings. The molecule has 0 fully saturated rings. The SMILES string of the molecule is CCc1cc2c(-c3ccccc3)cc(=O)oc2cc1O[C@@H](C)C(C)=O. The van der Waals surface area contributed by atoms with Crippen molar-refractivity contribution in [3.63, 3.8) is 0 Å². The maximum Gasteiger partial charge on any atom is 0.336 e. The second kappa shape index (κ2) is 6.93. The van der Waals surface area contributed by atoms with Gasteiger partial charge in [-0.2, -0.15) is 0 Å². The van der Waals surface area contributed by atoms with Crippen LogP contribution in [0.25, 0.3) is 22.1 Å². The van der Waals surface area contributed by atoms with E-state index >= 15 is 0 Å². The molecule has 0 saturated heterocycles. The third-order valence-electron chi connectivity index (χ3n) is 4.27. The fourth-order valence-electron chi connectivity index (χ4n) is 2.75. The summed E-state index contributed by atoms with van der Waals surface area (Å²) >= 11 is 0. The van der Waals surface area contributed by atoms with Gasteiger partial charge in [0, 0.05) is 17.5 Å². The summed E-state index contributed by atoms with van der Waals surface area (Å²) in [6, 6.07) is 14.9. The molecule has 2 aromatic carbocycles. The molecular formula is C21H20O4. The first-order valence-electron chi connectivity index (χ1n) is 8.33. The van der Waals surface area contributed by atoms with Gasteiger partial charge in [-0.05, 0) is 43.0 Å². The summed E-state index contributed by atoms with van der Waals surface area (Å²) in [5, 5.41) is 0.852. The van der Waals surface area contributed by atoms with Crippen molar-refractivity contribution in [2.45, 2.75) is 33.3 Å². The third kappa shape index (κ3) is 3.48. The molecular weight excluding hydrogens is 316 g/mol. The van der Waals surface area contributed by atoms with Crippen molar-refractivity contribution in [1.29, 1.82) is 0 Å². The summed E-state index contributed by atoms with van der Waals surface area (Å²) < 4.78 is 11.2. The van der Waals surface area contributed by atoms with Crippen LogP contribution in [0.15, 0.2) is 57.7 Å². The lowest BCUT2D eigenvalue weighted by atomic mass is 9.99. The van der Waals surface area contributed by atoms with Gasteiger partial charge in [0.25, 0.3) is 0 Å². The van der Waals surface area contributed by atoms with Crippen molar-refractivity contribution in [2.24, 2.45) is 0 Å². The van der Waals surface area contributed by atoms with Gasteiger partial charge in [-0.1, -0.05) is 37.3 Å². The predicted molar refractivity (Wildman–Crippen MR) is 98.1 cm³/mol. The fraction of sp³-hybridized carbons (Fsp3) is 0.238. The molecule has 0 radical (unpaired) electrons. The van der Waals surface area contributed by atoms with Crippen molar-refractivity contribution in [2.75, 3.05) is 0 Å². The van der Waals surface area contributed by atoms with E-state index in [2.05, 4.69) is 0 Å². The first-order valence-corrected chi connectivity index (χ1v) is 8.33.